The van der Waals surface area contributed by atoms with Crippen LogP contribution in [0.4, 0.5) is 5.69 Å². The summed E-state index contributed by atoms with van der Waals surface area (Å²) < 4.78 is 10.6. The van der Waals surface area contributed by atoms with E-state index in [1.165, 1.54) is 11.8 Å². The lowest BCUT2D eigenvalue weighted by molar-refractivity contribution is -0.130. The number of rotatable bonds is 5. The lowest BCUT2D eigenvalue weighted by Gasteiger charge is -2.37. The molecule has 0 radical (unpaired) electrons. The molecule has 0 aromatic heterocycles. The molecule has 0 bridgehead atoms. The molecule has 8 nitrogen and oxygen atoms in total. The number of fused-ring (bicyclic) bond motifs is 1. The minimum absolute atomic E-state index is 0.0464. The summed E-state index contributed by atoms with van der Waals surface area (Å²) in [5.41, 5.74) is 0.734. The molecule has 1 aromatic carbocycles. The van der Waals surface area contributed by atoms with Crippen LogP contribution in [0.5, 0.6) is 11.5 Å². The fraction of sp³-hybridized carbons (Fsp3) is 0.619. The Morgan fingerprint density at radius 3 is 2.43 bits per heavy atom. The Hall–Kier alpha value is -1.97. The van der Waals surface area contributed by atoms with Gasteiger partial charge < -0.3 is 30.3 Å². The number of methoxy groups -OCH3 is 2. The number of aliphatic hydroxyl groups is 2. The number of carbonyl (C=O) groups is 1. The number of amides is 1. The highest BCUT2D eigenvalue weighted by Gasteiger charge is 2.50. The SMILES string of the molecule is COc1cc(NC2=N[C@@H]3[C@@H](O)[C@H](O)C[C@H](C(=O)NC4CCCC4)[C@H]3S2)cc(OC)c1. The third-order valence-corrected chi connectivity index (χ3v) is 7.44. The van der Waals surface area contributed by atoms with E-state index in [-0.39, 0.29) is 23.6 Å². The largest absolute Gasteiger partial charge is 0.497 e. The van der Waals surface area contributed by atoms with Crippen LogP contribution in [-0.4, -0.2) is 65.0 Å². The number of hydrogen-bond donors (Lipinski definition) is 4. The van der Waals surface area contributed by atoms with Crippen molar-refractivity contribution in [2.24, 2.45) is 10.9 Å². The number of aliphatic hydroxyl groups excluding tert-OH is 2. The van der Waals surface area contributed by atoms with Crippen LogP contribution in [0.3, 0.4) is 0 Å². The Kier molecular flexibility index (Phi) is 6.40. The second-order valence-electron chi connectivity index (χ2n) is 8.12. The van der Waals surface area contributed by atoms with Crippen LogP contribution in [0.2, 0.25) is 0 Å². The number of ether oxygens (including phenoxy) is 2. The molecule has 9 heteroatoms. The molecule has 30 heavy (non-hydrogen) atoms. The first-order chi connectivity index (χ1) is 14.5. The van der Waals surface area contributed by atoms with Crippen LogP contribution in [0.25, 0.3) is 0 Å². The topological polar surface area (TPSA) is 112 Å². The van der Waals surface area contributed by atoms with Crippen LogP contribution < -0.4 is 20.1 Å². The van der Waals surface area contributed by atoms with Gasteiger partial charge in [0.05, 0.1) is 32.3 Å². The van der Waals surface area contributed by atoms with Crippen molar-refractivity contribution in [1.82, 2.24) is 5.32 Å². The normalized spacial score (nSPS) is 31.1. The van der Waals surface area contributed by atoms with Crippen LogP contribution in [0, 0.1) is 5.92 Å². The van der Waals surface area contributed by atoms with Crippen molar-refractivity contribution in [2.45, 2.75) is 61.6 Å². The molecular formula is C21H29N3O5S. The van der Waals surface area contributed by atoms with Gasteiger partial charge in [0.1, 0.15) is 17.6 Å². The van der Waals surface area contributed by atoms with E-state index in [4.69, 9.17) is 9.47 Å². The van der Waals surface area contributed by atoms with E-state index in [1.807, 2.05) is 12.1 Å². The minimum atomic E-state index is -0.989. The van der Waals surface area contributed by atoms with Gasteiger partial charge in [-0.05, 0) is 19.3 Å². The number of amidine groups is 1. The number of anilines is 1. The van der Waals surface area contributed by atoms with Crippen molar-refractivity contribution in [3.8, 4) is 11.5 Å². The zero-order chi connectivity index (χ0) is 21.3. The number of hydrogen-bond acceptors (Lipinski definition) is 8. The van der Waals surface area contributed by atoms with Crippen LogP contribution in [-0.2, 0) is 4.79 Å². The van der Waals surface area contributed by atoms with Gasteiger partial charge in [-0.3, -0.25) is 9.79 Å². The Morgan fingerprint density at radius 2 is 1.80 bits per heavy atom. The maximum absolute atomic E-state index is 13.0. The van der Waals surface area contributed by atoms with Gasteiger partial charge in [-0.25, -0.2) is 0 Å². The Labute approximate surface area is 180 Å². The first kappa shape index (κ1) is 21.3. The van der Waals surface area contributed by atoms with E-state index < -0.39 is 24.2 Å². The molecule has 0 saturated heterocycles. The van der Waals surface area contributed by atoms with Crippen LogP contribution in [0.1, 0.15) is 32.1 Å². The highest BCUT2D eigenvalue weighted by Crippen LogP contribution is 2.42. The standard InChI is InChI=1S/C21H29N3O5S/c1-28-13-7-12(8-14(9-13)29-2)23-21-24-17-18(26)16(25)10-15(19(17)30-21)20(27)22-11-5-3-4-6-11/h7-9,11,15-19,25-26H,3-6,10H2,1-2H3,(H,22,27)(H,23,24)/t15-,16+,17+,18-,19+/m0/s1. The number of thioether (sulfide) groups is 1. The molecule has 0 unspecified atom stereocenters. The molecule has 4 rings (SSSR count). The fourth-order valence-corrected chi connectivity index (χ4v) is 5.87. The molecule has 164 valence electrons. The molecule has 1 aliphatic heterocycles. The molecule has 1 heterocycles. The number of nitrogens with one attached hydrogen (secondary N) is 2. The van der Waals surface area contributed by atoms with Crippen LogP contribution in [0.15, 0.2) is 23.2 Å². The average molecular weight is 436 g/mol. The summed E-state index contributed by atoms with van der Waals surface area (Å²) in [6, 6.07) is 5.10. The predicted molar refractivity (Wildman–Crippen MR) is 116 cm³/mol. The van der Waals surface area contributed by atoms with E-state index in [1.54, 1.807) is 20.3 Å². The minimum Gasteiger partial charge on any atom is -0.497 e. The smallest absolute Gasteiger partial charge is 0.224 e. The summed E-state index contributed by atoms with van der Waals surface area (Å²) in [4.78, 5) is 17.6. The number of nitrogens with zero attached hydrogens (tertiary/aromatic N) is 1. The summed E-state index contributed by atoms with van der Waals surface area (Å²) in [5, 5.41) is 27.6. The highest BCUT2D eigenvalue weighted by atomic mass is 32.2. The van der Waals surface area contributed by atoms with Crippen molar-refractivity contribution in [2.75, 3.05) is 19.5 Å². The van der Waals surface area contributed by atoms with Crippen molar-refractivity contribution in [3.63, 3.8) is 0 Å². The second kappa shape index (κ2) is 9.03. The summed E-state index contributed by atoms with van der Waals surface area (Å²) >= 11 is 1.44. The quantitative estimate of drug-likeness (QED) is 0.557. The predicted octanol–water partition coefficient (Wildman–Crippen LogP) is 1.76. The van der Waals surface area contributed by atoms with Crippen LogP contribution >= 0.6 is 11.8 Å². The maximum atomic E-state index is 13.0. The van der Waals surface area contributed by atoms with Crippen molar-refractivity contribution >= 4 is 28.5 Å². The molecule has 4 N–H and O–H groups in total. The number of carbonyl (C=O) groups excluding carboxylic acids is 1. The molecule has 0 spiro atoms. The molecule has 3 aliphatic rings. The van der Waals surface area contributed by atoms with E-state index in [9.17, 15) is 15.0 Å². The fourth-order valence-electron chi connectivity index (χ4n) is 4.49. The van der Waals surface area contributed by atoms with Gasteiger partial charge >= 0.3 is 0 Å². The molecular weight excluding hydrogens is 406 g/mol. The number of benzene rings is 1. The van der Waals surface area contributed by atoms with Gasteiger partial charge in [0.15, 0.2) is 5.17 Å². The van der Waals surface area contributed by atoms with E-state index in [0.29, 0.717) is 16.7 Å². The third kappa shape index (κ3) is 4.38. The molecule has 2 aliphatic carbocycles. The van der Waals surface area contributed by atoms with Gasteiger partial charge in [-0.2, -0.15) is 0 Å². The Balaban J connectivity index is 1.49. The zero-order valence-corrected chi connectivity index (χ0v) is 18.0. The summed E-state index contributed by atoms with van der Waals surface area (Å²) in [7, 11) is 3.17. The van der Waals surface area contributed by atoms with Gasteiger partial charge in [0.25, 0.3) is 0 Å². The maximum Gasteiger partial charge on any atom is 0.224 e. The van der Waals surface area contributed by atoms with Crippen molar-refractivity contribution in [1.29, 1.82) is 0 Å². The van der Waals surface area contributed by atoms with Crippen molar-refractivity contribution in [3.05, 3.63) is 18.2 Å². The molecule has 1 aromatic rings. The van der Waals surface area contributed by atoms with Gasteiger partial charge in [-0.15, -0.1) is 0 Å². The third-order valence-electron chi connectivity index (χ3n) is 6.13. The van der Waals surface area contributed by atoms with Crippen molar-refractivity contribution < 1.29 is 24.5 Å². The lowest BCUT2D eigenvalue weighted by Crippen LogP contribution is -2.54. The summed E-state index contributed by atoms with van der Waals surface area (Å²) in [6.07, 6.45) is 2.57. The van der Waals surface area contributed by atoms with Gasteiger partial charge in [-0.1, -0.05) is 24.6 Å². The van der Waals surface area contributed by atoms with E-state index in [2.05, 4.69) is 15.6 Å². The average Bonchev–Trinajstić information content (AvgIpc) is 3.40. The first-order valence-electron chi connectivity index (χ1n) is 10.4. The molecule has 1 amide bonds. The highest BCUT2D eigenvalue weighted by molar-refractivity contribution is 8.15. The zero-order valence-electron chi connectivity index (χ0n) is 17.2. The second-order valence-corrected chi connectivity index (χ2v) is 9.29. The first-order valence-corrected chi connectivity index (χ1v) is 11.3. The Morgan fingerprint density at radius 1 is 1.13 bits per heavy atom. The molecule has 2 fully saturated rings. The summed E-state index contributed by atoms with van der Waals surface area (Å²) in [5.74, 6) is 0.834. The Bertz CT molecular complexity index is 792. The number of aliphatic imine (C=N–C) groups is 1. The monoisotopic (exact) mass is 435 g/mol. The molecule has 2 saturated carbocycles. The molecule has 5 atom stereocenters. The van der Waals surface area contributed by atoms with Gasteiger partial charge in [0, 0.05) is 35.2 Å². The summed E-state index contributed by atoms with van der Waals surface area (Å²) in [6.45, 7) is 0. The van der Waals surface area contributed by atoms with E-state index >= 15 is 0 Å². The lowest BCUT2D eigenvalue weighted by atomic mass is 9.81. The van der Waals surface area contributed by atoms with Gasteiger partial charge in [0.2, 0.25) is 5.91 Å². The van der Waals surface area contributed by atoms with E-state index in [0.717, 1.165) is 31.4 Å².